The summed E-state index contributed by atoms with van der Waals surface area (Å²) in [7, 11) is 1.59. The van der Waals surface area contributed by atoms with Crippen molar-refractivity contribution in [1.29, 1.82) is 0 Å². The van der Waals surface area contributed by atoms with Crippen LogP contribution >= 0.6 is 0 Å². The summed E-state index contributed by atoms with van der Waals surface area (Å²) >= 11 is 0. The maximum atomic E-state index is 11.7. The number of fused-ring (bicyclic) bond motifs is 1. The van der Waals surface area contributed by atoms with Crippen LogP contribution in [-0.2, 0) is 4.79 Å². The summed E-state index contributed by atoms with van der Waals surface area (Å²) in [5, 5.41) is 3.20. The zero-order valence-corrected chi connectivity index (χ0v) is 10.2. The molecular weight excluding hydrogens is 218 g/mol. The van der Waals surface area contributed by atoms with E-state index in [0.29, 0.717) is 11.5 Å². The Morgan fingerprint density at radius 1 is 1.47 bits per heavy atom. The van der Waals surface area contributed by atoms with Crippen LogP contribution in [0.4, 0.5) is 5.69 Å². The summed E-state index contributed by atoms with van der Waals surface area (Å²) in [6.45, 7) is 2.10. The molecule has 1 aliphatic rings. The molecule has 0 aromatic heterocycles. The smallest absolute Gasteiger partial charge is 0.334 e. The van der Waals surface area contributed by atoms with Crippen molar-refractivity contribution in [1.82, 2.24) is 0 Å². The second-order valence-electron chi connectivity index (χ2n) is 4.12. The Balaban J connectivity index is 2.15. The van der Waals surface area contributed by atoms with Crippen molar-refractivity contribution in [2.24, 2.45) is 0 Å². The minimum absolute atomic E-state index is 0.209. The van der Waals surface area contributed by atoms with Crippen LogP contribution < -0.4 is 14.8 Å². The molecule has 0 spiro atoms. The maximum Gasteiger partial charge on any atom is 0.334 e. The lowest BCUT2D eigenvalue weighted by Crippen LogP contribution is -2.37. The fraction of sp³-hybridized carbons (Fsp3) is 0.462. The molecule has 0 radical (unpaired) electrons. The third-order valence-electron chi connectivity index (χ3n) is 2.86. The minimum Gasteiger partial charge on any atom is -0.497 e. The van der Waals surface area contributed by atoms with Gasteiger partial charge in [0.2, 0.25) is 0 Å². The van der Waals surface area contributed by atoms with E-state index in [2.05, 4.69) is 12.2 Å². The number of carbonyl (C=O) groups is 1. The van der Waals surface area contributed by atoms with Gasteiger partial charge in [-0.2, -0.15) is 0 Å². The van der Waals surface area contributed by atoms with Crippen molar-refractivity contribution < 1.29 is 14.3 Å². The van der Waals surface area contributed by atoms with Crippen LogP contribution in [0.15, 0.2) is 18.2 Å². The molecule has 4 heteroatoms. The third kappa shape index (κ3) is 2.52. The molecule has 0 unspecified atom stereocenters. The number of hydrogen-bond donors (Lipinski definition) is 1. The molecule has 1 N–H and O–H groups in total. The predicted octanol–water partition coefficient (Wildman–Crippen LogP) is 2.58. The van der Waals surface area contributed by atoms with Crippen LogP contribution in [0.25, 0.3) is 0 Å². The second-order valence-corrected chi connectivity index (χ2v) is 4.12. The van der Waals surface area contributed by atoms with E-state index < -0.39 is 0 Å². The number of ether oxygens (including phenoxy) is 2. The van der Waals surface area contributed by atoms with Crippen LogP contribution in [0.3, 0.4) is 0 Å². The third-order valence-corrected chi connectivity index (χ3v) is 2.86. The van der Waals surface area contributed by atoms with E-state index in [4.69, 9.17) is 9.47 Å². The van der Waals surface area contributed by atoms with Crippen molar-refractivity contribution in [2.45, 2.75) is 32.2 Å². The summed E-state index contributed by atoms with van der Waals surface area (Å²) in [5.74, 6) is 1.02. The van der Waals surface area contributed by atoms with Gasteiger partial charge in [-0.25, -0.2) is 4.79 Å². The SMILES string of the molecule is CCCC[C@H]1Nc2ccc(OC)cc2OC1=O. The second kappa shape index (κ2) is 5.08. The topological polar surface area (TPSA) is 47.6 Å². The van der Waals surface area contributed by atoms with Crippen LogP contribution in [0.5, 0.6) is 11.5 Å². The number of anilines is 1. The first kappa shape index (κ1) is 11.8. The van der Waals surface area contributed by atoms with Crippen molar-refractivity contribution in [3.05, 3.63) is 18.2 Å². The van der Waals surface area contributed by atoms with Gasteiger partial charge in [0.1, 0.15) is 11.8 Å². The molecule has 0 saturated heterocycles. The van der Waals surface area contributed by atoms with Gasteiger partial charge in [0.25, 0.3) is 0 Å². The highest BCUT2D eigenvalue weighted by Gasteiger charge is 2.27. The van der Waals surface area contributed by atoms with E-state index in [1.165, 1.54) is 0 Å². The summed E-state index contributed by atoms with van der Waals surface area (Å²) in [4.78, 5) is 11.7. The molecule has 1 heterocycles. The van der Waals surface area contributed by atoms with Gasteiger partial charge in [0.15, 0.2) is 5.75 Å². The number of nitrogens with one attached hydrogen (secondary N) is 1. The summed E-state index contributed by atoms with van der Waals surface area (Å²) in [6, 6.07) is 5.22. The molecule has 0 aliphatic carbocycles. The molecular formula is C13H17NO3. The van der Waals surface area contributed by atoms with E-state index in [9.17, 15) is 4.79 Å². The quantitative estimate of drug-likeness (QED) is 0.643. The minimum atomic E-state index is -0.226. The molecule has 1 atom stereocenters. The van der Waals surface area contributed by atoms with Gasteiger partial charge in [-0.1, -0.05) is 19.8 Å². The first-order valence-electron chi connectivity index (χ1n) is 5.91. The monoisotopic (exact) mass is 235 g/mol. The van der Waals surface area contributed by atoms with Crippen LogP contribution in [0, 0.1) is 0 Å². The number of benzene rings is 1. The Bertz CT molecular complexity index is 417. The van der Waals surface area contributed by atoms with Crippen LogP contribution in [0.1, 0.15) is 26.2 Å². The Morgan fingerprint density at radius 3 is 3.00 bits per heavy atom. The van der Waals surface area contributed by atoms with Gasteiger partial charge in [-0.3, -0.25) is 0 Å². The van der Waals surface area contributed by atoms with Crippen molar-refractivity contribution >= 4 is 11.7 Å². The fourth-order valence-corrected chi connectivity index (χ4v) is 1.86. The largest absolute Gasteiger partial charge is 0.497 e. The number of unbranched alkanes of at least 4 members (excludes halogenated alkanes) is 1. The van der Waals surface area contributed by atoms with Gasteiger partial charge in [0, 0.05) is 6.07 Å². The summed E-state index contributed by atoms with van der Waals surface area (Å²) < 4.78 is 10.4. The Morgan fingerprint density at radius 2 is 2.29 bits per heavy atom. The van der Waals surface area contributed by atoms with Crippen LogP contribution in [-0.4, -0.2) is 19.1 Å². The molecule has 92 valence electrons. The molecule has 0 saturated carbocycles. The molecule has 0 amide bonds. The highest BCUT2D eigenvalue weighted by atomic mass is 16.5. The number of esters is 1. The standard InChI is InChI=1S/C13H17NO3/c1-3-4-5-11-13(15)17-12-8-9(16-2)6-7-10(12)14-11/h6-8,11,14H,3-5H2,1-2H3/t11-/m1/s1. The number of methoxy groups -OCH3 is 1. The summed E-state index contributed by atoms with van der Waals surface area (Å²) in [6.07, 6.45) is 2.89. The molecule has 1 aromatic rings. The molecule has 0 bridgehead atoms. The van der Waals surface area contributed by atoms with Crippen molar-refractivity contribution in [3.8, 4) is 11.5 Å². The summed E-state index contributed by atoms with van der Waals surface area (Å²) in [5.41, 5.74) is 0.853. The highest BCUT2D eigenvalue weighted by molar-refractivity contribution is 5.87. The number of rotatable bonds is 4. The van der Waals surface area contributed by atoms with E-state index >= 15 is 0 Å². The normalized spacial score (nSPS) is 18.0. The maximum absolute atomic E-state index is 11.7. The number of carbonyl (C=O) groups excluding carboxylic acids is 1. The Hall–Kier alpha value is -1.71. The molecule has 4 nitrogen and oxygen atoms in total. The lowest BCUT2D eigenvalue weighted by molar-refractivity contribution is -0.136. The zero-order chi connectivity index (χ0) is 12.3. The molecule has 17 heavy (non-hydrogen) atoms. The van der Waals surface area contributed by atoms with Crippen LogP contribution in [0.2, 0.25) is 0 Å². The van der Waals surface area contributed by atoms with Gasteiger partial charge < -0.3 is 14.8 Å². The number of hydrogen-bond acceptors (Lipinski definition) is 4. The lowest BCUT2D eigenvalue weighted by atomic mass is 10.1. The van der Waals surface area contributed by atoms with E-state index in [0.717, 1.165) is 24.9 Å². The molecule has 1 aliphatic heterocycles. The molecule has 0 fully saturated rings. The first-order chi connectivity index (χ1) is 8.24. The van der Waals surface area contributed by atoms with E-state index in [1.807, 2.05) is 12.1 Å². The van der Waals surface area contributed by atoms with Gasteiger partial charge in [0.05, 0.1) is 12.8 Å². The Kier molecular flexibility index (Phi) is 3.52. The first-order valence-corrected chi connectivity index (χ1v) is 5.91. The Labute approximate surface area is 101 Å². The van der Waals surface area contributed by atoms with E-state index in [-0.39, 0.29) is 12.0 Å². The molecule has 1 aromatic carbocycles. The van der Waals surface area contributed by atoms with Gasteiger partial charge in [-0.05, 0) is 18.6 Å². The van der Waals surface area contributed by atoms with Crippen molar-refractivity contribution in [2.75, 3.05) is 12.4 Å². The fourth-order valence-electron chi connectivity index (χ4n) is 1.86. The van der Waals surface area contributed by atoms with Crippen molar-refractivity contribution in [3.63, 3.8) is 0 Å². The van der Waals surface area contributed by atoms with Gasteiger partial charge >= 0.3 is 5.97 Å². The highest BCUT2D eigenvalue weighted by Crippen LogP contribution is 2.33. The molecule has 2 rings (SSSR count). The average Bonchev–Trinajstić information content (AvgIpc) is 2.35. The predicted molar refractivity (Wildman–Crippen MR) is 65.6 cm³/mol. The zero-order valence-electron chi connectivity index (χ0n) is 10.2. The van der Waals surface area contributed by atoms with E-state index in [1.54, 1.807) is 13.2 Å². The lowest BCUT2D eigenvalue weighted by Gasteiger charge is -2.25. The van der Waals surface area contributed by atoms with Gasteiger partial charge in [-0.15, -0.1) is 0 Å². The average molecular weight is 235 g/mol.